The van der Waals surface area contributed by atoms with Crippen LogP contribution in [-0.2, 0) is 0 Å². The first-order valence-electron chi connectivity index (χ1n) is 4.11. The van der Waals surface area contributed by atoms with Gasteiger partial charge in [0.05, 0.1) is 19.7 Å². The fourth-order valence-electron chi connectivity index (χ4n) is 1.34. The van der Waals surface area contributed by atoms with Crippen LogP contribution in [0.3, 0.4) is 0 Å². The van der Waals surface area contributed by atoms with E-state index in [0.717, 1.165) is 12.1 Å². The Kier molecular flexibility index (Phi) is 2.81. The summed E-state index contributed by atoms with van der Waals surface area (Å²) in [5.41, 5.74) is 0.579. The number of aromatic nitrogens is 1. The fraction of sp³-hybridized carbons (Fsp3) is 0.100. The largest absolute Gasteiger partial charge is 0.249 e. The molecule has 0 unspecified atom stereocenters. The third-order valence-corrected chi connectivity index (χ3v) is 4.10. The van der Waals surface area contributed by atoms with Crippen LogP contribution in [0.2, 0.25) is 5.02 Å². The molecule has 0 bridgehead atoms. The third-order valence-electron chi connectivity index (χ3n) is 2.09. The van der Waals surface area contributed by atoms with Crippen LogP contribution in [0.25, 0.3) is 10.9 Å². The Morgan fingerprint density at radius 3 is 2.53 bits per heavy atom. The monoisotopic (exact) mass is 339 g/mol. The zero-order valence-corrected chi connectivity index (χ0v) is 10.5. The summed E-state index contributed by atoms with van der Waals surface area (Å²) in [6.07, 6.45) is 0. The molecule has 0 aliphatic carbocycles. The average molecular weight is 340 g/mol. The maximum Gasteiger partial charge on any atom is 0.149 e. The number of pyridine rings is 1. The van der Waals surface area contributed by atoms with Gasteiger partial charge in [-0.1, -0.05) is 11.6 Å². The van der Waals surface area contributed by atoms with Crippen molar-refractivity contribution in [1.82, 2.24) is 4.98 Å². The Morgan fingerprint density at radius 2 is 1.87 bits per heavy atom. The van der Waals surface area contributed by atoms with Crippen LogP contribution in [0.4, 0.5) is 8.78 Å². The van der Waals surface area contributed by atoms with E-state index in [2.05, 4.69) is 4.98 Å². The molecule has 5 heteroatoms. The van der Waals surface area contributed by atoms with Gasteiger partial charge in [-0.3, -0.25) is 0 Å². The lowest BCUT2D eigenvalue weighted by Gasteiger charge is -2.07. The summed E-state index contributed by atoms with van der Waals surface area (Å²) in [7, 11) is 0. The van der Waals surface area contributed by atoms with Crippen molar-refractivity contribution >= 4 is 45.1 Å². The first-order valence-corrected chi connectivity index (χ1v) is 5.57. The van der Waals surface area contributed by atoms with Crippen molar-refractivity contribution in [3.8, 4) is 0 Å². The van der Waals surface area contributed by atoms with Gasteiger partial charge in [-0.15, -0.1) is 0 Å². The van der Waals surface area contributed by atoms with Gasteiger partial charge in [-0.2, -0.15) is 0 Å². The van der Waals surface area contributed by atoms with Crippen LogP contribution in [0.5, 0.6) is 0 Å². The van der Waals surface area contributed by atoms with E-state index in [-0.39, 0.29) is 15.9 Å². The lowest BCUT2D eigenvalue weighted by molar-refractivity contribution is 0.615. The molecule has 0 atom stereocenters. The second-order valence-corrected chi connectivity index (χ2v) is 4.53. The highest BCUT2D eigenvalue weighted by molar-refractivity contribution is 14.1. The van der Waals surface area contributed by atoms with Gasteiger partial charge in [0.25, 0.3) is 0 Å². The van der Waals surface area contributed by atoms with Crippen molar-refractivity contribution in [2.75, 3.05) is 0 Å². The minimum absolute atomic E-state index is 0.0158. The van der Waals surface area contributed by atoms with Gasteiger partial charge in [0.2, 0.25) is 0 Å². The van der Waals surface area contributed by atoms with E-state index >= 15 is 0 Å². The summed E-state index contributed by atoms with van der Waals surface area (Å²) in [6, 6.07) is 2.10. The van der Waals surface area contributed by atoms with Crippen LogP contribution in [0.1, 0.15) is 5.69 Å². The lowest BCUT2D eigenvalue weighted by Crippen LogP contribution is -1.95. The Hall–Kier alpha value is -0.490. The summed E-state index contributed by atoms with van der Waals surface area (Å²) >= 11 is 7.92. The minimum Gasteiger partial charge on any atom is -0.249 e. The van der Waals surface area contributed by atoms with Crippen LogP contribution >= 0.6 is 34.2 Å². The zero-order chi connectivity index (χ0) is 11.2. The quantitative estimate of drug-likeness (QED) is 0.659. The predicted octanol–water partition coefficient (Wildman–Crippen LogP) is 4.08. The third kappa shape index (κ3) is 1.69. The number of benzene rings is 1. The smallest absolute Gasteiger partial charge is 0.149 e. The minimum atomic E-state index is -0.562. The van der Waals surface area contributed by atoms with Crippen molar-refractivity contribution in [3.05, 3.63) is 38.1 Å². The molecule has 1 nitrogen and oxygen atoms in total. The van der Waals surface area contributed by atoms with Gasteiger partial charge in [0.1, 0.15) is 17.2 Å². The molecule has 0 radical (unpaired) electrons. The highest BCUT2D eigenvalue weighted by Crippen LogP contribution is 2.32. The number of hydrogen-bond donors (Lipinski definition) is 0. The van der Waals surface area contributed by atoms with Gasteiger partial charge in [-0.25, -0.2) is 13.8 Å². The normalized spacial score (nSPS) is 11.0. The maximum atomic E-state index is 13.4. The van der Waals surface area contributed by atoms with Crippen molar-refractivity contribution < 1.29 is 8.78 Å². The Bertz CT molecular complexity index is 557. The van der Waals surface area contributed by atoms with Crippen LogP contribution in [0.15, 0.2) is 12.1 Å². The topological polar surface area (TPSA) is 12.9 Å². The highest BCUT2D eigenvalue weighted by atomic mass is 127. The van der Waals surface area contributed by atoms with E-state index in [1.54, 1.807) is 6.92 Å². The molecular weight excluding hydrogens is 334 g/mol. The number of aryl methyl sites for hydroxylation is 1. The molecule has 0 amide bonds. The second-order valence-electron chi connectivity index (χ2n) is 3.08. The van der Waals surface area contributed by atoms with Crippen LogP contribution < -0.4 is 0 Å². The van der Waals surface area contributed by atoms with Gasteiger partial charge in [0, 0.05) is 0 Å². The number of hydrogen-bond acceptors (Lipinski definition) is 1. The van der Waals surface area contributed by atoms with Crippen LogP contribution in [-0.4, -0.2) is 4.98 Å². The van der Waals surface area contributed by atoms with Crippen molar-refractivity contribution in [3.63, 3.8) is 0 Å². The van der Waals surface area contributed by atoms with Gasteiger partial charge in [-0.05, 0) is 41.6 Å². The molecule has 2 aromatic rings. The molecule has 78 valence electrons. The Morgan fingerprint density at radius 1 is 1.27 bits per heavy atom. The number of fused-ring (bicyclic) bond motifs is 1. The molecule has 0 saturated carbocycles. The van der Waals surface area contributed by atoms with Gasteiger partial charge >= 0.3 is 0 Å². The SMILES string of the molecule is Cc1nc2c(F)ccc(F)c2c(Cl)c1I. The summed E-state index contributed by atoms with van der Waals surface area (Å²) in [4.78, 5) is 3.99. The van der Waals surface area contributed by atoms with E-state index in [1.165, 1.54) is 0 Å². The number of halogens is 4. The standard InChI is InChI=1S/C10H5ClF2IN/c1-4-9(14)8(11)7-5(12)2-3-6(13)10(7)15-4/h2-3H,1H3. The molecule has 2 rings (SSSR count). The summed E-state index contributed by atoms with van der Waals surface area (Å²) in [5, 5.41) is 0.266. The Balaban J connectivity index is 3.04. The number of rotatable bonds is 0. The molecule has 1 aromatic heterocycles. The van der Waals surface area contributed by atoms with Crippen molar-refractivity contribution in [2.45, 2.75) is 6.92 Å². The maximum absolute atomic E-state index is 13.4. The van der Waals surface area contributed by atoms with E-state index in [0.29, 0.717) is 9.26 Å². The molecule has 0 aliphatic rings. The second kappa shape index (κ2) is 3.83. The number of nitrogens with zero attached hydrogens (tertiary/aromatic N) is 1. The van der Waals surface area contributed by atoms with E-state index in [4.69, 9.17) is 11.6 Å². The van der Waals surface area contributed by atoms with Crippen molar-refractivity contribution in [1.29, 1.82) is 0 Å². The molecular formula is C10H5ClF2IN. The summed E-state index contributed by atoms with van der Waals surface area (Å²) in [6.45, 7) is 1.71. The molecule has 0 spiro atoms. The van der Waals surface area contributed by atoms with Gasteiger partial charge in [0.15, 0.2) is 0 Å². The molecule has 15 heavy (non-hydrogen) atoms. The van der Waals surface area contributed by atoms with Crippen LogP contribution in [0, 0.1) is 22.1 Å². The summed E-state index contributed by atoms with van der Waals surface area (Å²) in [5.74, 6) is -1.12. The first-order chi connectivity index (χ1) is 7.02. The zero-order valence-electron chi connectivity index (χ0n) is 7.61. The molecule has 0 aliphatic heterocycles. The fourth-order valence-corrected chi connectivity index (χ4v) is 2.05. The average Bonchev–Trinajstić information content (AvgIpc) is 2.20. The predicted molar refractivity (Wildman–Crippen MR) is 64.1 cm³/mol. The van der Waals surface area contributed by atoms with Gasteiger partial charge < -0.3 is 0 Å². The summed E-state index contributed by atoms with van der Waals surface area (Å²) < 4.78 is 27.5. The molecule has 1 aromatic carbocycles. The lowest BCUT2D eigenvalue weighted by atomic mass is 10.2. The van der Waals surface area contributed by atoms with E-state index in [9.17, 15) is 8.78 Å². The molecule has 0 saturated heterocycles. The molecule has 1 heterocycles. The highest BCUT2D eigenvalue weighted by Gasteiger charge is 2.15. The van der Waals surface area contributed by atoms with E-state index in [1.807, 2.05) is 22.6 Å². The molecule has 0 N–H and O–H groups in total. The molecule has 0 fully saturated rings. The van der Waals surface area contributed by atoms with Crippen molar-refractivity contribution in [2.24, 2.45) is 0 Å². The first kappa shape index (κ1) is 11.0. The Labute approximate surface area is 104 Å². The van der Waals surface area contributed by atoms with E-state index < -0.39 is 11.6 Å².